The van der Waals surface area contributed by atoms with Crippen molar-refractivity contribution in [2.24, 2.45) is 0 Å². The number of hydrogen-bond acceptors (Lipinski definition) is 4. The van der Waals surface area contributed by atoms with Crippen molar-refractivity contribution in [3.05, 3.63) is 0 Å². The first-order valence-corrected chi connectivity index (χ1v) is 10.1. The molecule has 2 N–H and O–H groups in total. The van der Waals surface area contributed by atoms with E-state index >= 15 is 0 Å². The Morgan fingerprint density at radius 2 is 1.61 bits per heavy atom. The number of nitrogens with one attached hydrogen (secondary N) is 1. The van der Waals surface area contributed by atoms with E-state index in [0.29, 0.717) is 12.8 Å². The van der Waals surface area contributed by atoms with Gasteiger partial charge < -0.3 is 10.2 Å². The highest BCUT2D eigenvalue weighted by molar-refractivity contribution is 7.86. The summed E-state index contributed by atoms with van der Waals surface area (Å²) in [4.78, 5) is 13.7. The molecular weight excluding hydrogens is 316 g/mol. The predicted molar refractivity (Wildman–Crippen MR) is 94.1 cm³/mol. The van der Waals surface area contributed by atoms with Crippen LogP contribution < -0.4 is 5.32 Å². The summed E-state index contributed by atoms with van der Waals surface area (Å²) in [6, 6.07) is 0. The van der Waals surface area contributed by atoms with Crippen molar-refractivity contribution in [3.8, 4) is 0 Å². The zero-order valence-electron chi connectivity index (χ0n) is 14.9. The molecule has 0 fully saturated rings. The Bertz CT molecular complexity index is 410. The van der Waals surface area contributed by atoms with Gasteiger partial charge in [0.1, 0.15) is 0 Å². The molecule has 1 amide bonds. The molecule has 0 saturated carbocycles. The number of carbonyl (C=O) groups excluding carboxylic acids is 1. The lowest BCUT2D eigenvalue weighted by Gasteiger charge is -2.10. The van der Waals surface area contributed by atoms with Crippen molar-refractivity contribution < 1.29 is 17.8 Å². The van der Waals surface area contributed by atoms with E-state index in [1.807, 2.05) is 14.1 Å². The molecule has 0 aromatic carbocycles. The van der Waals surface area contributed by atoms with Gasteiger partial charge in [-0.15, -0.1) is 0 Å². The standard InChI is InChI=1S/C16H34N2O4S/c1-15(23(20,21)22)11-8-6-4-5-7-9-12-16(19)17-13-10-14-18(2)3/h15H,4-14H2,1-3H3,(H,17,19)(H,20,21,22). The van der Waals surface area contributed by atoms with Gasteiger partial charge in [-0.05, 0) is 46.8 Å². The van der Waals surface area contributed by atoms with Crippen LogP contribution >= 0.6 is 0 Å². The van der Waals surface area contributed by atoms with Gasteiger partial charge in [0, 0.05) is 13.0 Å². The second-order valence-corrected chi connectivity index (χ2v) is 8.33. The maximum atomic E-state index is 11.6. The van der Waals surface area contributed by atoms with Crippen LogP contribution in [0.15, 0.2) is 0 Å². The number of hydrogen-bond donors (Lipinski definition) is 2. The van der Waals surface area contributed by atoms with E-state index in [-0.39, 0.29) is 5.91 Å². The van der Waals surface area contributed by atoms with Crippen molar-refractivity contribution in [2.75, 3.05) is 27.2 Å². The maximum Gasteiger partial charge on any atom is 0.267 e. The second-order valence-electron chi connectivity index (χ2n) is 6.49. The highest BCUT2D eigenvalue weighted by Crippen LogP contribution is 2.12. The van der Waals surface area contributed by atoms with Crippen LogP contribution in [0.4, 0.5) is 0 Å². The number of unbranched alkanes of at least 4 members (excludes halogenated alkanes) is 5. The molecule has 0 spiro atoms. The molecule has 0 bridgehead atoms. The van der Waals surface area contributed by atoms with E-state index in [2.05, 4.69) is 10.2 Å². The van der Waals surface area contributed by atoms with Gasteiger partial charge in [0.25, 0.3) is 10.1 Å². The Balaban J connectivity index is 3.37. The molecule has 0 heterocycles. The highest BCUT2D eigenvalue weighted by atomic mass is 32.2. The van der Waals surface area contributed by atoms with Crippen LogP contribution in [-0.2, 0) is 14.9 Å². The van der Waals surface area contributed by atoms with Crippen molar-refractivity contribution >= 4 is 16.0 Å². The first-order valence-electron chi connectivity index (χ1n) is 8.61. The van der Waals surface area contributed by atoms with Gasteiger partial charge in [0.05, 0.1) is 5.25 Å². The molecule has 0 aromatic heterocycles. The zero-order valence-corrected chi connectivity index (χ0v) is 15.7. The van der Waals surface area contributed by atoms with Gasteiger partial charge in [-0.25, -0.2) is 0 Å². The summed E-state index contributed by atoms with van der Waals surface area (Å²) >= 11 is 0. The maximum absolute atomic E-state index is 11.6. The minimum atomic E-state index is -3.88. The summed E-state index contributed by atoms with van der Waals surface area (Å²) in [6.07, 6.45) is 7.89. The molecule has 1 unspecified atom stereocenters. The van der Waals surface area contributed by atoms with Crippen molar-refractivity contribution in [1.29, 1.82) is 0 Å². The molecule has 0 aliphatic rings. The monoisotopic (exact) mass is 350 g/mol. The van der Waals surface area contributed by atoms with Crippen molar-refractivity contribution in [3.63, 3.8) is 0 Å². The molecule has 0 aliphatic heterocycles. The average molecular weight is 351 g/mol. The molecule has 7 heteroatoms. The number of rotatable bonds is 14. The van der Waals surface area contributed by atoms with Gasteiger partial charge in [-0.2, -0.15) is 8.42 Å². The summed E-state index contributed by atoms with van der Waals surface area (Å²) in [7, 11) is 0.163. The van der Waals surface area contributed by atoms with E-state index in [4.69, 9.17) is 4.55 Å². The highest BCUT2D eigenvalue weighted by Gasteiger charge is 2.15. The van der Waals surface area contributed by atoms with Gasteiger partial charge >= 0.3 is 0 Å². The number of amides is 1. The fourth-order valence-corrected chi connectivity index (χ4v) is 2.75. The first-order chi connectivity index (χ1) is 10.7. The zero-order chi connectivity index (χ0) is 17.7. The van der Waals surface area contributed by atoms with E-state index in [1.165, 1.54) is 6.92 Å². The molecule has 0 saturated heterocycles. The lowest BCUT2D eigenvalue weighted by molar-refractivity contribution is -0.121. The van der Waals surface area contributed by atoms with Crippen LogP contribution in [-0.4, -0.2) is 56.2 Å². The topological polar surface area (TPSA) is 86.7 Å². The third-order valence-electron chi connectivity index (χ3n) is 3.88. The predicted octanol–water partition coefficient (Wildman–Crippen LogP) is 2.45. The van der Waals surface area contributed by atoms with E-state index in [0.717, 1.165) is 58.0 Å². The van der Waals surface area contributed by atoms with Crippen LogP contribution in [0.1, 0.15) is 64.7 Å². The Morgan fingerprint density at radius 1 is 1.04 bits per heavy atom. The lowest BCUT2D eigenvalue weighted by atomic mass is 10.1. The quantitative estimate of drug-likeness (QED) is 0.371. The normalized spacial score (nSPS) is 13.3. The molecule has 23 heavy (non-hydrogen) atoms. The average Bonchev–Trinajstić information content (AvgIpc) is 2.44. The van der Waals surface area contributed by atoms with E-state index in [9.17, 15) is 13.2 Å². The summed E-state index contributed by atoms with van der Waals surface area (Å²) in [5.74, 6) is 0.130. The smallest absolute Gasteiger partial charge is 0.267 e. The number of carbonyl (C=O) groups is 1. The van der Waals surface area contributed by atoms with Crippen molar-refractivity contribution in [1.82, 2.24) is 10.2 Å². The van der Waals surface area contributed by atoms with Gasteiger partial charge in [0.15, 0.2) is 0 Å². The van der Waals surface area contributed by atoms with Gasteiger partial charge in [-0.1, -0.05) is 32.1 Å². The Hall–Kier alpha value is -0.660. The molecular formula is C16H34N2O4S. The molecule has 0 aliphatic carbocycles. The van der Waals surface area contributed by atoms with E-state index in [1.54, 1.807) is 0 Å². The molecule has 0 rings (SSSR count). The SMILES string of the molecule is CC(CCCCCCCCC(=O)NCCCN(C)C)S(=O)(=O)O. The molecule has 1 atom stereocenters. The Morgan fingerprint density at radius 3 is 2.17 bits per heavy atom. The minimum Gasteiger partial charge on any atom is -0.356 e. The fourth-order valence-electron chi connectivity index (χ4n) is 2.28. The van der Waals surface area contributed by atoms with Crippen LogP contribution in [0.2, 0.25) is 0 Å². The minimum absolute atomic E-state index is 0.130. The Kier molecular flexibility index (Phi) is 12.4. The number of nitrogens with zero attached hydrogens (tertiary/aromatic N) is 1. The fraction of sp³-hybridized carbons (Fsp3) is 0.938. The third kappa shape index (κ3) is 14.7. The van der Waals surface area contributed by atoms with Crippen LogP contribution in [0.5, 0.6) is 0 Å². The summed E-state index contributed by atoms with van der Waals surface area (Å²) in [5.41, 5.74) is 0. The Labute approximate surface area is 141 Å². The molecule has 138 valence electrons. The third-order valence-corrected chi connectivity index (χ3v) is 5.13. The summed E-state index contributed by atoms with van der Waals surface area (Å²) in [6.45, 7) is 3.26. The lowest BCUT2D eigenvalue weighted by Crippen LogP contribution is -2.26. The van der Waals surface area contributed by atoms with Crippen LogP contribution in [0, 0.1) is 0 Å². The van der Waals surface area contributed by atoms with Gasteiger partial charge in [0.2, 0.25) is 5.91 Å². The first kappa shape index (κ1) is 22.3. The second kappa shape index (κ2) is 12.7. The largest absolute Gasteiger partial charge is 0.356 e. The van der Waals surface area contributed by atoms with Gasteiger partial charge in [-0.3, -0.25) is 9.35 Å². The van der Waals surface area contributed by atoms with Crippen molar-refractivity contribution in [2.45, 2.75) is 70.0 Å². The molecule has 0 aromatic rings. The molecule has 6 nitrogen and oxygen atoms in total. The van der Waals surface area contributed by atoms with Crippen LogP contribution in [0.3, 0.4) is 0 Å². The summed E-state index contributed by atoms with van der Waals surface area (Å²) < 4.78 is 30.5. The van der Waals surface area contributed by atoms with Crippen LogP contribution in [0.25, 0.3) is 0 Å². The van der Waals surface area contributed by atoms with E-state index < -0.39 is 15.4 Å². The molecule has 0 radical (unpaired) electrons. The summed E-state index contributed by atoms with van der Waals surface area (Å²) in [5, 5.41) is 2.26.